The maximum Gasteiger partial charge on any atom is 0.106 e. The van der Waals surface area contributed by atoms with Crippen LogP contribution >= 0.6 is 0 Å². The highest BCUT2D eigenvalue weighted by Crippen LogP contribution is 2.36. The molecule has 2 aromatic rings. The Bertz CT molecular complexity index is 509. The molecule has 0 atom stereocenters. The van der Waals surface area contributed by atoms with Gasteiger partial charge in [0.2, 0.25) is 0 Å². The summed E-state index contributed by atoms with van der Waals surface area (Å²) in [5.74, 6) is 1.73. The zero-order valence-electron chi connectivity index (χ0n) is 9.53. The lowest BCUT2D eigenvalue weighted by Crippen LogP contribution is -2.34. The van der Waals surface area contributed by atoms with Crippen LogP contribution in [0, 0.1) is 0 Å². The van der Waals surface area contributed by atoms with E-state index in [1.54, 1.807) is 0 Å². The van der Waals surface area contributed by atoms with Crippen LogP contribution in [0.2, 0.25) is 0 Å². The van der Waals surface area contributed by atoms with Crippen molar-refractivity contribution in [3.63, 3.8) is 0 Å². The van der Waals surface area contributed by atoms with Gasteiger partial charge in [0.1, 0.15) is 5.82 Å². The zero-order chi connectivity index (χ0) is 11.1. The monoisotopic (exact) mass is 215 g/mol. The fourth-order valence-corrected chi connectivity index (χ4v) is 2.44. The van der Waals surface area contributed by atoms with E-state index in [0.29, 0.717) is 12.0 Å². The molecule has 1 saturated carbocycles. The maximum absolute atomic E-state index is 5.82. The molecule has 1 aromatic carbocycles. The van der Waals surface area contributed by atoms with Crippen LogP contribution in [0.25, 0.3) is 11.0 Å². The molecular weight excluding hydrogens is 198 g/mol. The van der Waals surface area contributed by atoms with Crippen LogP contribution in [-0.2, 0) is 6.42 Å². The van der Waals surface area contributed by atoms with Crippen LogP contribution in [0.3, 0.4) is 0 Å². The van der Waals surface area contributed by atoms with Gasteiger partial charge < -0.3 is 10.7 Å². The first-order chi connectivity index (χ1) is 7.76. The molecular formula is C13H17N3. The van der Waals surface area contributed by atoms with E-state index in [-0.39, 0.29) is 0 Å². The highest BCUT2D eigenvalue weighted by molar-refractivity contribution is 5.76. The lowest BCUT2D eigenvalue weighted by Gasteiger charge is -2.32. The molecule has 0 unspecified atom stereocenters. The number of hydrogen-bond acceptors (Lipinski definition) is 2. The Morgan fingerprint density at radius 2 is 2.25 bits per heavy atom. The standard InChI is InChI=1S/C13H17N3/c1-2-13-15-11-4-3-8(7-12(11)16-13)9-5-10(14)6-9/h3-4,7,9-10H,2,5-6,14H2,1H3,(H,15,16). The van der Waals surface area contributed by atoms with E-state index < -0.39 is 0 Å². The van der Waals surface area contributed by atoms with Crippen molar-refractivity contribution >= 4 is 11.0 Å². The van der Waals surface area contributed by atoms with Crippen molar-refractivity contribution in [3.05, 3.63) is 29.6 Å². The summed E-state index contributed by atoms with van der Waals surface area (Å²) < 4.78 is 0. The second kappa shape index (κ2) is 3.59. The van der Waals surface area contributed by atoms with Gasteiger partial charge in [0, 0.05) is 12.5 Å². The van der Waals surface area contributed by atoms with E-state index >= 15 is 0 Å². The number of fused-ring (bicyclic) bond motifs is 1. The predicted octanol–water partition coefficient (Wildman–Crippen LogP) is 2.33. The SMILES string of the molecule is CCc1nc2ccc(C3CC(N)C3)cc2[nH]1. The molecule has 3 rings (SSSR count). The number of H-pyrrole nitrogens is 1. The van der Waals surface area contributed by atoms with Crippen LogP contribution < -0.4 is 5.73 Å². The average Bonchev–Trinajstić information content (AvgIpc) is 2.66. The Balaban J connectivity index is 1.95. The first kappa shape index (κ1) is 9.85. The molecule has 1 aromatic heterocycles. The topological polar surface area (TPSA) is 54.7 Å². The Morgan fingerprint density at radius 3 is 2.94 bits per heavy atom. The second-order valence-electron chi connectivity index (χ2n) is 4.74. The van der Waals surface area contributed by atoms with Gasteiger partial charge in [0.05, 0.1) is 11.0 Å². The van der Waals surface area contributed by atoms with E-state index in [9.17, 15) is 0 Å². The molecule has 3 heteroatoms. The molecule has 0 radical (unpaired) electrons. The van der Waals surface area contributed by atoms with Gasteiger partial charge in [-0.3, -0.25) is 0 Å². The summed E-state index contributed by atoms with van der Waals surface area (Å²) in [7, 11) is 0. The van der Waals surface area contributed by atoms with Gasteiger partial charge in [-0.25, -0.2) is 4.98 Å². The van der Waals surface area contributed by atoms with Crippen LogP contribution in [0.15, 0.2) is 18.2 Å². The molecule has 0 aliphatic heterocycles. The number of nitrogens with zero attached hydrogens (tertiary/aromatic N) is 1. The van der Waals surface area contributed by atoms with Crippen molar-refractivity contribution in [1.82, 2.24) is 9.97 Å². The quantitative estimate of drug-likeness (QED) is 0.807. The third kappa shape index (κ3) is 1.52. The highest BCUT2D eigenvalue weighted by atomic mass is 14.9. The number of hydrogen-bond donors (Lipinski definition) is 2. The zero-order valence-corrected chi connectivity index (χ0v) is 9.53. The fourth-order valence-electron chi connectivity index (χ4n) is 2.44. The summed E-state index contributed by atoms with van der Waals surface area (Å²) in [4.78, 5) is 7.87. The Hall–Kier alpha value is -1.35. The van der Waals surface area contributed by atoms with Gasteiger partial charge in [-0.15, -0.1) is 0 Å². The Labute approximate surface area is 95.1 Å². The van der Waals surface area contributed by atoms with Gasteiger partial charge in [-0.1, -0.05) is 13.0 Å². The van der Waals surface area contributed by atoms with Crippen LogP contribution in [0.4, 0.5) is 0 Å². The van der Waals surface area contributed by atoms with E-state index in [0.717, 1.165) is 36.1 Å². The molecule has 3 N–H and O–H groups in total. The minimum absolute atomic E-state index is 0.411. The molecule has 0 saturated heterocycles. The number of rotatable bonds is 2. The van der Waals surface area contributed by atoms with E-state index in [4.69, 9.17) is 5.73 Å². The Kier molecular flexibility index (Phi) is 2.21. The molecule has 0 bridgehead atoms. The molecule has 84 valence electrons. The molecule has 0 amide bonds. The summed E-state index contributed by atoms with van der Waals surface area (Å²) in [5.41, 5.74) is 9.46. The summed E-state index contributed by atoms with van der Waals surface area (Å²) in [6.07, 6.45) is 3.21. The first-order valence-corrected chi connectivity index (χ1v) is 6.00. The van der Waals surface area contributed by atoms with Crippen molar-refractivity contribution in [1.29, 1.82) is 0 Å². The highest BCUT2D eigenvalue weighted by Gasteiger charge is 2.27. The minimum atomic E-state index is 0.411. The van der Waals surface area contributed by atoms with Gasteiger partial charge in [-0.05, 0) is 36.5 Å². The van der Waals surface area contributed by atoms with E-state index in [2.05, 4.69) is 35.1 Å². The van der Waals surface area contributed by atoms with Gasteiger partial charge in [0.25, 0.3) is 0 Å². The molecule has 1 aliphatic rings. The lowest BCUT2D eigenvalue weighted by molar-refractivity contribution is 0.352. The molecule has 1 heterocycles. The average molecular weight is 215 g/mol. The normalized spacial score (nSPS) is 24.6. The lowest BCUT2D eigenvalue weighted by atomic mass is 9.76. The van der Waals surface area contributed by atoms with Crippen molar-refractivity contribution in [2.24, 2.45) is 5.73 Å². The summed E-state index contributed by atoms with van der Waals surface area (Å²) in [5, 5.41) is 0. The third-order valence-corrected chi connectivity index (χ3v) is 3.54. The number of nitrogens with one attached hydrogen (secondary N) is 1. The van der Waals surface area contributed by atoms with Crippen LogP contribution in [-0.4, -0.2) is 16.0 Å². The molecule has 0 spiro atoms. The molecule has 1 fully saturated rings. The first-order valence-electron chi connectivity index (χ1n) is 6.00. The maximum atomic E-state index is 5.82. The smallest absolute Gasteiger partial charge is 0.106 e. The summed E-state index contributed by atoms with van der Waals surface area (Å²) in [6, 6.07) is 6.95. The van der Waals surface area contributed by atoms with Crippen molar-refractivity contribution < 1.29 is 0 Å². The largest absolute Gasteiger partial charge is 0.342 e. The minimum Gasteiger partial charge on any atom is -0.342 e. The summed E-state index contributed by atoms with van der Waals surface area (Å²) >= 11 is 0. The number of aromatic nitrogens is 2. The number of benzene rings is 1. The molecule has 3 nitrogen and oxygen atoms in total. The Morgan fingerprint density at radius 1 is 1.44 bits per heavy atom. The number of nitrogens with two attached hydrogens (primary N) is 1. The second-order valence-corrected chi connectivity index (χ2v) is 4.74. The number of aromatic amines is 1. The number of imidazole rings is 1. The van der Waals surface area contributed by atoms with E-state index in [1.165, 1.54) is 5.56 Å². The van der Waals surface area contributed by atoms with Gasteiger partial charge >= 0.3 is 0 Å². The predicted molar refractivity (Wildman–Crippen MR) is 65.4 cm³/mol. The third-order valence-electron chi connectivity index (χ3n) is 3.54. The van der Waals surface area contributed by atoms with Crippen LogP contribution in [0.5, 0.6) is 0 Å². The van der Waals surface area contributed by atoms with Gasteiger partial charge in [0.15, 0.2) is 0 Å². The summed E-state index contributed by atoms with van der Waals surface area (Å²) in [6.45, 7) is 2.11. The number of aryl methyl sites for hydroxylation is 1. The van der Waals surface area contributed by atoms with Crippen molar-refractivity contribution in [3.8, 4) is 0 Å². The van der Waals surface area contributed by atoms with E-state index in [1.807, 2.05) is 0 Å². The fraction of sp³-hybridized carbons (Fsp3) is 0.462. The van der Waals surface area contributed by atoms with Crippen molar-refractivity contribution in [2.75, 3.05) is 0 Å². The van der Waals surface area contributed by atoms with Gasteiger partial charge in [-0.2, -0.15) is 0 Å². The molecule has 16 heavy (non-hydrogen) atoms. The van der Waals surface area contributed by atoms with Crippen LogP contribution in [0.1, 0.15) is 37.1 Å². The molecule has 1 aliphatic carbocycles. The van der Waals surface area contributed by atoms with Crippen molar-refractivity contribution in [2.45, 2.75) is 38.1 Å².